The molecule has 3 N–H and O–H groups in total. The van der Waals surface area contributed by atoms with Crippen molar-refractivity contribution in [2.45, 2.75) is 32.4 Å². The number of rotatable bonds is 11. The van der Waals surface area contributed by atoms with Gasteiger partial charge in [-0.15, -0.1) is 24.5 Å². The Morgan fingerprint density at radius 1 is 0.978 bits per heavy atom. The van der Waals surface area contributed by atoms with Crippen molar-refractivity contribution in [2.75, 3.05) is 50.0 Å². The molecule has 0 radical (unpaired) electrons. The first kappa shape index (κ1) is 31.5. The fraction of sp³-hybridized carbons (Fsp3) is 0.355. The van der Waals surface area contributed by atoms with Crippen molar-refractivity contribution in [3.63, 3.8) is 0 Å². The summed E-state index contributed by atoms with van der Waals surface area (Å²) in [5, 5.41) is 11.2. The molecule has 0 atom stereocenters. The monoisotopic (exact) mass is 656 g/mol. The van der Waals surface area contributed by atoms with Crippen LogP contribution in [0.1, 0.15) is 32.2 Å². The molecule has 1 fully saturated rings. The third-order valence-electron chi connectivity index (χ3n) is 7.76. The molecular weight excluding hydrogens is 625 g/mol. The standard InChI is InChI=1S/C31H31F3N6O5S/c32-31(33,34)45-21-4-1-19(2-5-21)16-44-22-6-8-23-20(15-22)3-7-24-27(23)37-30(35)38-28(24)40-11-9-39(10-12-40)13-14-43-17-26-36-25(18-46-26)29(41)42/h1-2,4-6,8,15,18H,3,7,9-14,16-17H2,(H,41,42)(H2,35,37,38). The Kier molecular flexibility index (Phi) is 9.24. The van der Waals surface area contributed by atoms with Crippen molar-refractivity contribution in [3.8, 4) is 22.8 Å². The first-order chi connectivity index (χ1) is 22.1. The molecule has 0 unspecified atom stereocenters. The summed E-state index contributed by atoms with van der Waals surface area (Å²) in [4.78, 5) is 28.9. The molecule has 0 saturated carbocycles. The predicted molar refractivity (Wildman–Crippen MR) is 164 cm³/mol. The molecule has 242 valence electrons. The van der Waals surface area contributed by atoms with Gasteiger partial charge in [-0.3, -0.25) is 4.90 Å². The molecule has 15 heteroatoms. The number of carboxylic acid groups (broad SMARTS) is 1. The third kappa shape index (κ3) is 7.66. The fourth-order valence-electron chi connectivity index (χ4n) is 5.53. The molecule has 1 aliphatic carbocycles. The number of nitrogens with two attached hydrogens (primary N) is 1. The molecule has 2 aliphatic rings. The van der Waals surface area contributed by atoms with Crippen LogP contribution < -0.4 is 20.1 Å². The van der Waals surface area contributed by atoms with Crippen molar-refractivity contribution >= 4 is 29.1 Å². The van der Waals surface area contributed by atoms with Gasteiger partial charge in [0, 0.05) is 49.2 Å². The molecule has 4 aromatic rings. The van der Waals surface area contributed by atoms with Crippen LogP contribution >= 0.6 is 11.3 Å². The Labute approximate surface area is 266 Å². The highest BCUT2D eigenvalue weighted by Gasteiger charge is 2.31. The Morgan fingerprint density at radius 3 is 2.46 bits per heavy atom. The van der Waals surface area contributed by atoms with E-state index >= 15 is 0 Å². The maximum atomic E-state index is 12.4. The molecule has 0 amide bonds. The minimum atomic E-state index is -4.73. The molecule has 3 heterocycles. The number of carboxylic acids is 1. The van der Waals surface area contributed by atoms with Gasteiger partial charge in [0.05, 0.1) is 18.9 Å². The van der Waals surface area contributed by atoms with E-state index in [4.69, 9.17) is 20.3 Å². The molecule has 11 nitrogen and oxygen atoms in total. The molecule has 46 heavy (non-hydrogen) atoms. The number of nitrogens with zero attached hydrogens (tertiary/aromatic N) is 5. The number of carbonyl (C=O) groups is 1. The minimum absolute atomic E-state index is 0.0401. The van der Waals surface area contributed by atoms with E-state index in [1.165, 1.54) is 41.0 Å². The zero-order chi connectivity index (χ0) is 32.3. The lowest BCUT2D eigenvalue weighted by Crippen LogP contribution is -2.48. The highest BCUT2D eigenvalue weighted by molar-refractivity contribution is 7.09. The second-order valence-electron chi connectivity index (χ2n) is 10.8. The lowest BCUT2D eigenvalue weighted by Gasteiger charge is -2.37. The van der Waals surface area contributed by atoms with Crippen molar-refractivity contribution in [3.05, 3.63) is 75.2 Å². The van der Waals surface area contributed by atoms with Gasteiger partial charge in [-0.2, -0.15) is 4.98 Å². The van der Waals surface area contributed by atoms with E-state index in [9.17, 15) is 18.0 Å². The molecule has 1 aliphatic heterocycles. The summed E-state index contributed by atoms with van der Waals surface area (Å²) in [5.74, 6) is 0.405. The third-order valence-corrected chi connectivity index (χ3v) is 8.58. The van der Waals surface area contributed by atoms with Crippen LogP contribution in [0.4, 0.5) is 24.9 Å². The van der Waals surface area contributed by atoms with Gasteiger partial charge in [-0.05, 0) is 54.3 Å². The Bertz CT molecular complexity index is 1690. The Balaban J connectivity index is 1.04. The summed E-state index contributed by atoms with van der Waals surface area (Å²) >= 11 is 1.28. The highest BCUT2D eigenvalue weighted by Crippen LogP contribution is 2.38. The number of benzene rings is 2. The van der Waals surface area contributed by atoms with Crippen LogP contribution in [-0.2, 0) is 30.8 Å². The van der Waals surface area contributed by atoms with Gasteiger partial charge in [-0.1, -0.05) is 12.1 Å². The first-order valence-corrected chi connectivity index (χ1v) is 15.5. The number of hydrogen-bond donors (Lipinski definition) is 2. The lowest BCUT2D eigenvalue weighted by atomic mass is 9.88. The molecule has 1 saturated heterocycles. The van der Waals surface area contributed by atoms with E-state index < -0.39 is 12.3 Å². The van der Waals surface area contributed by atoms with Crippen LogP contribution in [-0.4, -0.2) is 76.6 Å². The number of fused-ring (bicyclic) bond motifs is 3. The topological polar surface area (TPSA) is 136 Å². The molecular formula is C31H31F3N6O5S. The number of nitrogen functional groups attached to an aromatic ring is 1. The van der Waals surface area contributed by atoms with Gasteiger partial charge in [-0.25, -0.2) is 14.8 Å². The average Bonchev–Trinajstić information content (AvgIpc) is 3.51. The van der Waals surface area contributed by atoms with Crippen molar-refractivity contribution in [2.24, 2.45) is 0 Å². The highest BCUT2D eigenvalue weighted by atomic mass is 32.1. The van der Waals surface area contributed by atoms with E-state index in [1.807, 2.05) is 18.2 Å². The van der Waals surface area contributed by atoms with Crippen LogP contribution in [0.5, 0.6) is 11.5 Å². The van der Waals surface area contributed by atoms with Gasteiger partial charge in [0.25, 0.3) is 0 Å². The SMILES string of the molecule is Nc1nc2c(c(N3CCN(CCOCc4nc(C(=O)O)cs4)CC3)n1)CCc1cc(OCc3ccc(OC(F)(F)F)cc3)ccc1-2. The maximum Gasteiger partial charge on any atom is 0.573 e. The van der Waals surface area contributed by atoms with Crippen molar-refractivity contribution < 1.29 is 37.3 Å². The second-order valence-corrected chi connectivity index (χ2v) is 11.8. The van der Waals surface area contributed by atoms with Crippen LogP contribution in [0.15, 0.2) is 47.8 Å². The van der Waals surface area contributed by atoms with Crippen molar-refractivity contribution in [1.29, 1.82) is 0 Å². The minimum Gasteiger partial charge on any atom is -0.489 e. The van der Waals surface area contributed by atoms with Crippen molar-refractivity contribution in [1.82, 2.24) is 19.9 Å². The number of ether oxygens (including phenoxy) is 3. The fourth-order valence-corrected chi connectivity index (χ4v) is 6.23. The van der Waals surface area contributed by atoms with Crippen LogP contribution in [0.2, 0.25) is 0 Å². The maximum absolute atomic E-state index is 12.4. The molecule has 2 aromatic heterocycles. The number of alkyl halides is 3. The normalized spacial score (nSPS) is 14.9. The Morgan fingerprint density at radius 2 is 1.74 bits per heavy atom. The summed E-state index contributed by atoms with van der Waals surface area (Å²) < 4.78 is 52.8. The number of halogens is 3. The number of aromatic carboxylic acids is 1. The Hall–Kier alpha value is -4.47. The molecule has 6 rings (SSSR count). The average molecular weight is 657 g/mol. The number of aryl methyl sites for hydroxylation is 1. The zero-order valence-corrected chi connectivity index (χ0v) is 25.4. The largest absolute Gasteiger partial charge is 0.573 e. The van der Waals surface area contributed by atoms with Crippen LogP contribution in [0.25, 0.3) is 11.3 Å². The first-order valence-electron chi connectivity index (χ1n) is 14.6. The molecule has 0 spiro atoms. The van der Waals surface area contributed by atoms with Crippen LogP contribution in [0.3, 0.4) is 0 Å². The number of hydrogen-bond acceptors (Lipinski definition) is 11. The van der Waals surface area contributed by atoms with E-state index in [0.717, 1.165) is 73.8 Å². The van der Waals surface area contributed by atoms with Gasteiger partial charge >= 0.3 is 12.3 Å². The van der Waals surface area contributed by atoms with E-state index in [2.05, 4.69) is 29.5 Å². The summed E-state index contributed by atoms with van der Waals surface area (Å²) in [6.45, 7) is 4.97. The molecule has 2 aromatic carbocycles. The number of thiazole rings is 1. The number of aromatic nitrogens is 3. The summed E-state index contributed by atoms with van der Waals surface area (Å²) in [7, 11) is 0. The lowest BCUT2D eigenvalue weighted by molar-refractivity contribution is -0.274. The summed E-state index contributed by atoms with van der Waals surface area (Å²) in [5.41, 5.74) is 10.9. The quantitative estimate of drug-likeness (QED) is 0.216. The summed E-state index contributed by atoms with van der Waals surface area (Å²) in [6, 6.07) is 11.4. The second kappa shape index (κ2) is 13.5. The number of piperazine rings is 1. The van der Waals surface area contributed by atoms with E-state index in [-0.39, 0.29) is 30.6 Å². The summed E-state index contributed by atoms with van der Waals surface area (Å²) in [6.07, 6.45) is -3.21. The van der Waals surface area contributed by atoms with Gasteiger partial charge in [0.2, 0.25) is 5.95 Å². The van der Waals surface area contributed by atoms with Gasteiger partial charge < -0.3 is 30.0 Å². The van der Waals surface area contributed by atoms with Crippen LogP contribution in [0, 0.1) is 0 Å². The van der Waals surface area contributed by atoms with Gasteiger partial charge in [0.1, 0.15) is 28.9 Å². The van der Waals surface area contributed by atoms with E-state index in [0.29, 0.717) is 22.9 Å². The predicted octanol–water partition coefficient (Wildman–Crippen LogP) is 4.80. The zero-order valence-electron chi connectivity index (χ0n) is 24.6. The van der Waals surface area contributed by atoms with E-state index in [1.54, 1.807) is 0 Å². The smallest absolute Gasteiger partial charge is 0.489 e. The number of anilines is 2. The van der Waals surface area contributed by atoms with Gasteiger partial charge in [0.15, 0.2) is 5.69 Å². The molecule has 0 bridgehead atoms.